The lowest BCUT2D eigenvalue weighted by Crippen LogP contribution is -2.44. The first kappa shape index (κ1) is 25.5. The number of rotatable bonds is 3. The summed E-state index contributed by atoms with van der Waals surface area (Å²) in [5, 5.41) is 6.17. The molecule has 1 fully saturated rings. The summed E-state index contributed by atoms with van der Waals surface area (Å²) in [5.41, 5.74) is 0.200. The highest BCUT2D eigenvalue weighted by Gasteiger charge is 2.40. The van der Waals surface area contributed by atoms with Crippen LogP contribution in [0, 0.1) is 3.70 Å². The molecule has 7 nitrogen and oxygen atoms in total. The van der Waals surface area contributed by atoms with Crippen molar-refractivity contribution in [1.29, 1.82) is 0 Å². The summed E-state index contributed by atoms with van der Waals surface area (Å²) in [6.07, 6.45) is 3.22. The zero-order valence-corrected chi connectivity index (χ0v) is 24.2. The molecule has 1 atom stereocenters. The Morgan fingerprint density at radius 3 is 2.50 bits per heavy atom. The van der Waals surface area contributed by atoms with Crippen LogP contribution in [0.3, 0.4) is 0 Å². The largest absolute Gasteiger partial charge is 0.541 e. The average Bonchev–Trinajstić information content (AvgIpc) is 2.99. The van der Waals surface area contributed by atoms with Crippen LogP contribution in [0.1, 0.15) is 60.4 Å². The van der Waals surface area contributed by atoms with Gasteiger partial charge in [0.05, 0.1) is 22.6 Å². The van der Waals surface area contributed by atoms with Crippen molar-refractivity contribution in [3.05, 3.63) is 14.9 Å². The molecule has 1 aliphatic rings. The molecule has 2 aromatic heterocycles. The van der Waals surface area contributed by atoms with E-state index in [-0.39, 0.29) is 17.2 Å². The van der Waals surface area contributed by atoms with Gasteiger partial charge in [0.2, 0.25) is 0 Å². The molecular formula is C22H34ClIN4O3Si. The van der Waals surface area contributed by atoms with E-state index in [2.05, 4.69) is 56.5 Å². The molecule has 0 saturated carbocycles. The van der Waals surface area contributed by atoms with Crippen molar-refractivity contribution >= 4 is 59.6 Å². The van der Waals surface area contributed by atoms with Crippen LogP contribution in [0.5, 0.6) is 5.75 Å². The van der Waals surface area contributed by atoms with E-state index in [0.717, 1.165) is 27.6 Å². The van der Waals surface area contributed by atoms with Gasteiger partial charge >= 0.3 is 6.09 Å². The highest BCUT2D eigenvalue weighted by Crippen LogP contribution is 2.42. The Hall–Kier alpha value is -1.07. The predicted molar refractivity (Wildman–Crippen MR) is 139 cm³/mol. The van der Waals surface area contributed by atoms with E-state index in [1.54, 1.807) is 11.1 Å². The molecule has 0 N–H and O–H groups in total. The number of ether oxygens (including phenoxy) is 1. The minimum absolute atomic E-state index is 0.0120. The SMILES string of the molecule is CC(C)(C)OC(=O)N1CCC[C@@H](n2nc(I)c3c(Cl)c(O[Si](C)(C)C(C)(C)C)cnc32)C1. The average molecular weight is 593 g/mol. The number of likely N-dealkylation sites (tertiary alicyclic amines) is 1. The molecule has 0 radical (unpaired) electrons. The van der Waals surface area contributed by atoms with Crippen LogP contribution in [-0.4, -0.2) is 52.8 Å². The van der Waals surface area contributed by atoms with Gasteiger partial charge in [-0.15, -0.1) is 0 Å². The number of pyridine rings is 1. The minimum atomic E-state index is -2.06. The number of piperidine rings is 1. The number of halogens is 2. The second-order valence-corrected chi connectivity index (χ2v) is 17.1. The first-order valence-electron chi connectivity index (χ1n) is 11.0. The maximum atomic E-state index is 12.6. The van der Waals surface area contributed by atoms with Crippen molar-refractivity contribution in [2.45, 2.75) is 84.2 Å². The molecule has 2 aromatic rings. The summed E-state index contributed by atoms with van der Waals surface area (Å²) in [7, 11) is -2.06. The van der Waals surface area contributed by atoms with E-state index in [1.807, 2.05) is 25.5 Å². The maximum Gasteiger partial charge on any atom is 0.410 e. The zero-order valence-electron chi connectivity index (χ0n) is 20.3. The number of hydrogen-bond acceptors (Lipinski definition) is 5. The quantitative estimate of drug-likeness (QED) is 0.295. The van der Waals surface area contributed by atoms with Crippen molar-refractivity contribution in [2.24, 2.45) is 0 Å². The second kappa shape index (κ2) is 8.94. The van der Waals surface area contributed by atoms with Gasteiger partial charge in [-0.1, -0.05) is 32.4 Å². The fraction of sp³-hybridized carbons (Fsp3) is 0.682. The minimum Gasteiger partial charge on any atom is -0.541 e. The number of fused-ring (bicyclic) bond motifs is 1. The van der Waals surface area contributed by atoms with Crippen LogP contribution in [0.15, 0.2) is 6.20 Å². The lowest BCUT2D eigenvalue weighted by Gasteiger charge is -2.36. The number of carbonyl (C=O) groups is 1. The second-order valence-electron chi connectivity index (χ2n) is 11.0. The van der Waals surface area contributed by atoms with Crippen LogP contribution in [-0.2, 0) is 4.74 Å². The van der Waals surface area contributed by atoms with Crippen LogP contribution >= 0.6 is 34.2 Å². The summed E-state index contributed by atoms with van der Waals surface area (Å²) in [6.45, 7) is 17.8. The summed E-state index contributed by atoms with van der Waals surface area (Å²) in [6, 6.07) is 0.0120. The first-order valence-corrected chi connectivity index (χ1v) is 15.4. The predicted octanol–water partition coefficient (Wildman–Crippen LogP) is 6.65. The number of nitrogens with zero attached hydrogens (tertiary/aromatic N) is 4. The molecule has 10 heteroatoms. The molecule has 1 amide bonds. The van der Waals surface area contributed by atoms with Crippen LogP contribution < -0.4 is 4.43 Å². The Bertz CT molecular complexity index is 1010. The normalized spacial score (nSPS) is 18.2. The molecule has 1 saturated heterocycles. The third-order valence-electron chi connectivity index (χ3n) is 6.15. The third-order valence-corrected chi connectivity index (χ3v) is 11.6. The Labute approximate surface area is 210 Å². The van der Waals surface area contributed by atoms with E-state index in [4.69, 9.17) is 30.8 Å². The van der Waals surface area contributed by atoms with E-state index in [1.165, 1.54) is 0 Å². The van der Waals surface area contributed by atoms with Gasteiger partial charge in [0.15, 0.2) is 5.65 Å². The number of carbonyl (C=O) groups excluding carboxylic acids is 1. The van der Waals surface area contributed by atoms with Gasteiger partial charge < -0.3 is 14.1 Å². The van der Waals surface area contributed by atoms with Crippen LogP contribution in [0.25, 0.3) is 11.0 Å². The van der Waals surface area contributed by atoms with Gasteiger partial charge in [0.1, 0.15) is 15.1 Å². The molecule has 178 valence electrons. The van der Waals surface area contributed by atoms with Crippen molar-refractivity contribution in [3.8, 4) is 5.75 Å². The zero-order chi connectivity index (χ0) is 24.1. The van der Waals surface area contributed by atoms with E-state index in [0.29, 0.717) is 23.9 Å². The Morgan fingerprint density at radius 2 is 1.91 bits per heavy atom. The maximum absolute atomic E-state index is 12.6. The molecule has 0 aliphatic carbocycles. The number of hydrogen-bond donors (Lipinski definition) is 0. The highest BCUT2D eigenvalue weighted by atomic mass is 127. The van der Waals surface area contributed by atoms with Crippen LogP contribution in [0.2, 0.25) is 23.2 Å². The van der Waals surface area contributed by atoms with Gasteiger partial charge in [-0.3, -0.25) is 0 Å². The standard InChI is InChI=1S/C22H34ClIN4O3Si/c1-21(2,3)30-20(29)27-11-9-10-14(13-27)28-19-16(18(24)26-28)17(23)15(12-25-19)31-32(7,8)22(4,5)6/h12,14H,9-11,13H2,1-8H3/t14-/m1/s1. The van der Waals surface area contributed by atoms with Crippen molar-refractivity contribution in [3.63, 3.8) is 0 Å². The van der Waals surface area contributed by atoms with E-state index >= 15 is 0 Å². The molecule has 0 bridgehead atoms. The Kier molecular flexibility index (Phi) is 7.14. The third kappa shape index (κ3) is 5.35. The lowest BCUT2D eigenvalue weighted by atomic mass is 10.1. The van der Waals surface area contributed by atoms with Crippen molar-refractivity contribution < 1.29 is 14.0 Å². The van der Waals surface area contributed by atoms with Gasteiger partial charge in [-0.25, -0.2) is 14.5 Å². The summed E-state index contributed by atoms with van der Waals surface area (Å²) in [4.78, 5) is 19.1. The smallest absolute Gasteiger partial charge is 0.410 e. The molecule has 0 unspecified atom stereocenters. The van der Waals surface area contributed by atoms with E-state index in [9.17, 15) is 4.79 Å². The number of amides is 1. The van der Waals surface area contributed by atoms with Crippen molar-refractivity contribution in [2.75, 3.05) is 13.1 Å². The number of aromatic nitrogens is 3. The molecule has 32 heavy (non-hydrogen) atoms. The van der Waals surface area contributed by atoms with E-state index < -0.39 is 13.9 Å². The first-order chi connectivity index (χ1) is 14.6. The van der Waals surface area contributed by atoms with Gasteiger partial charge in [-0.05, 0) is 74.3 Å². The van der Waals surface area contributed by atoms with Gasteiger partial charge in [0, 0.05) is 13.1 Å². The lowest BCUT2D eigenvalue weighted by molar-refractivity contribution is 0.0169. The topological polar surface area (TPSA) is 69.5 Å². The molecule has 0 spiro atoms. The van der Waals surface area contributed by atoms with Crippen LogP contribution in [0.4, 0.5) is 4.79 Å². The molecule has 0 aromatic carbocycles. The fourth-order valence-corrected chi connectivity index (χ4v) is 5.65. The molecule has 3 heterocycles. The molecule has 3 rings (SSSR count). The highest BCUT2D eigenvalue weighted by molar-refractivity contribution is 14.1. The fourth-order valence-electron chi connectivity index (χ4n) is 3.41. The van der Waals surface area contributed by atoms with Gasteiger partial charge in [0.25, 0.3) is 8.32 Å². The summed E-state index contributed by atoms with van der Waals surface area (Å²) in [5.74, 6) is 0.613. The molecular weight excluding hydrogens is 559 g/mol. The molecule has 1 aliphatic heterocycles. The Balaban J connectivity index is 1.91. The summed E-state index contributed by atoms with van der Waals surface area (Å²) < 4.78 is 14.7. The van der Waals surface area contributed by atoms with Gasteiger partial charge in [-0.2, -0.15) is 5.10 Å². The monoisotopic (exact) mass is 592 g/mol. The summed E-state index contributed by atoms with van der Waals surface area (Å²) >= 11 is 9.02. The van der Waals surface area contributed by atoms with Crippen molar-refractivity contribution in [1.82, 2.24) is 19.7 Å². The Morgan fingerprint density at radius 1 is 1.25 bits per heavy atom.